The molecule has 0 spiro atoms. The fourth-order valence-electron chi connectivity index (χ4n) is 3.07. The van der Waals surface area contributed by atoms with E-state index in [4.69, 9.17) is 10.5 Å². The first-order chi connectivity index (χ1) is 8.07. The van der Waals surface area contributed by atoms with E-state index in [1.165, 1.54) is 23.3 Å². The normalized spacial score (nSPS) is 31.4. The van der Waals surface area contributed by atoms with Crippen molar-refractivity contribution in [2.24, 2.45) is 11.7 Å². The van der Waals surface area contributed by atoms with Crippen molar-refractivity contribution in [2.75, 3.05) is 7.11 Å². The van der Waals surface area contributed by atoms with Crippen molar-refractivity contribution < 1.29 is 4.74 Å². The van der Waals surface area contributed by atoms with Gasteiger partial charge in [0.25, 0.3) is 0 Å². The maximum Gasteiger partial charge on any atom is 0.0873 e. The molecule has 1 heterocycles. The Bertz CT molecular complexity index is 376. The third-order valence-corrected chi connectivity index (χ3v) is 4.95. The molecule has 0 amide bonds. The van der Waals surface area contributed by atoms with E-state index in [0.29, 0.717) is 0 Å². The fraction of sp³-hybridized carbons (Fsp3) is 0.714. The molecule has 0 aromatic carbocycles. The third-order valence-electron chi connectivity index (χ3n) is 4.07. The van der Waals surface area contributed by atoms with Crippen LogP contribution in [-0.2, 0) is 4.74 Å². The summed E-state index contributed by atoms with van der Waals surface area (Å²) in [5, 5.41) is 2.18. The summed E-state index contributed by atoms with van der Waals surface area (Å²) in [6.45, 7) is 4.43. The molecule has 1 aromatic heterocycles. The molecule has 2 rings (SSSR count). The van der Waals surface area contributed by atoms with Gasteiger partial charge in [0.15, 0.2) is 0 Å². The Labute approximate surface area is 108 Å². The van der Waals surface area contributed by atoms with Crippen LogP contribution >= 0.6 is 11.3 Å². The lowest BCUT2D eigenvalue weighted by Crippen LogP contribution is -2.46. The quantitative estimate of drug-likeness (QED) is 0.892. The van der Waals surface area contributed by atoms with Gasteiger partial charge in [-0.25, -0.2) is 0 Å². The highest BCUT2D eigenvalue weighted by Crippen LogP contribution is 2.42. The van der Waals surface area contributed by atoms with Gasteiger partial charge >= 0.3 is 0 Å². The van der Waals surface area contributed by atoms with Crippen molar-refractivity contribution >= 4 is 11.3 Å². The van der Waals surface area contributed by atoms with E-state index >= 15 is 0 Å². The molecule has 3 atom stereocenters. The Hall–Kier alpha value is -0.380. The second-order valence-electron chi connectivity index (χ2n) is 5.44. The molecule has 1 saturated carbocycles. The molecule has 3 unspecified atom stereocenters. The highest BCUT2D eigenvalue weighted by Gasteiger charge is 2.41. The van der Waals surface area contributed by atoms with Gasteiger partial charge < -0.3 is 10.5 Å². The lowest BCUT2D eigenvalue weighted by molar-refractivity contribution is -0.0717. The van der Waals surface area contributed by atoms with E-state index in [0.717, 1.165) is 18.8 Å². The zero-order valence-corrected chi connectivity index (χ0v) is 11.8. The highest BCUT2D eigenvalue weighted by molar-refractivity contribution is 7.10. The van der Waals surface area contributed by atoms with E-state index in [-0.39, 0.29) is 11.6 Å². The van der Waals surface area contributed by atoms with Gasteiger partial charge in [-0.3, -0.25) is 0 Å². The number of ether oxygens (including phenoxy) is 1. The van der Waals surface area contributed by atoms with Crippen molar-refractivity contribution in [2.45, 2.75) is 51.2 Å². The number of rotatable bonds is 3. The van der Waals surface area contributed by atoms with Gasteiger partial charge in [0, 0.05) is 12.0 Å². The van der Waals surface area contributed by atoms with E-state index in [1.54, 1.807) is 11.3 Å². The van der Waals surface area contributed by atoms with Crippen LogP contribution in [0.4, 0.5) is 0 Å². The molecule has 0 bridgehead atoms. The van der Waals surface area contributed by atoms with Crippen LogP contribution in [0.5, 0.6) is 0 Å². The summed E-state index contributed by atoms with van der Waals surface area (Å²) >= 11 is 1.77. The summed E-state index contributed by atoms with van der Waals surface area (Å²) in [7, 11) is 1.82. The number of methoxy groups -OCH3 is 1. The minimum atomic E-state index is -0.148. The van der Waals surface area contributed by atoms with Gasteiger partial charge in [0.05, 0.1) is 11.6 Å². The summed E-state index contributed by atoms with van der Waals surface area (Å²) in [6.07, 6.45) is 4.70. The van der Waals surface area contributed by atoms with Crippen molar-refractivity contribution in [3.8, 4) is 0 Å². The Morgan fingerprint density at radius 1 is 1.59 bits per heavy atom. The lowest BCUT2D eigenvalue weighted by atomic mass is 9.73. The largest absolute Gasteiger partial charge is 0.376 e. The molecule has 1 aliphatic carbocycles. The summed E-state index contributed by atoms with van der Waals surface area (Å²) in [6, 6.07) is 2.22. The van der Waals surface area contributed by atoms with E-state index < -0.39 is 0 Å². The maximum absolute atomic E-state index is 6.47. The van der Waals surface area contributed by atoms with Gasteiger partial charge in [-0.05, 0) is 42.7 Å². The monoisotopic (exact) mass is 253 g/mol. The summed E-state index contributed by atoms with van der Waals surface area (Å²) in [4.78, 5) is 1.32. The molecule has 1 aliphatic rings. The molecule has 3 heteroatoms. The van der Waals surface area contributed by atoms with E-state index in [9.17, 15) is 0 Å². The number of hydrogen-bond donors (Lipinski definition) is 1. The maximum atomic E-state index is 6.47. The summed E-state index contributed by atoms with van der Waals surface area (Å²) in [5.74, 6) is 0.717. The van der Waals surface area contributed by atoms with Crippen LogP contribution in [0.3, 0.4) is 0 Å². The molecule has 0 saturated heterocycles. The third kappa shape index (κ3) is 2.56. The molecule has 2 N–H and O–H groups in total. The fourth-order valence-corrected chi connectivity index (χ4v) is 3.81. The molecule has 0 aliphatic heterocycles. The predicted octanol–water partition coefficient (Wildman–Crippen LogP) is 3.65. The average Bonchev–Trinajstić information content (AvgIpc) is 2.74. The number of aryl methyl sites for hydroxylation is 1. The van der Waals surface area contributed by atoms with Crippen LogP contribution < -0.4 is 5.73 Å². The molecule has 1 fully saturated rings. The number of hydrogen-bond acceptors (Lipinski definition) is 3. The number of nitrogens with two attached hydrogens (primary N) is 1. The Morgan fingerprint density at radius 3 is 2.88 bits per heavy atom. The first-order valence-corrected chi connectivity index (χ1v) is 7.31. The molecule has 17 heavy (non-hydrogen) atoms. The molecule has 96 valence electrons. The molecular formula is C14H23NOS. The molecule has 1 aromatic rings. The van der Waals surface area contributed by atoms with Gasteiger partial charge in [-0.2, -0.15) is 0 Å². The van der Waals surface area contributed by atoms with Crippen LogP contribution in [0.1, 0.15) is 49.1 Å². The van der Waals surface area contributed by atoms with Crippen molar-refractivity contribution in [3.05, 3.63) is 21.9 Å². The van der Waals surface area contributed by atoms with Gasteiger partial charge in [-0.15, -0.1) is 11.3 Å². The topological polar surface area (TPSA) is 35.2 Å². The molecule has 0 radical (unpaired) electrons. The highest BCUT2D eigenvalue weighted by atomic mass is 32.1. The number of thiophene rings is 1. The first kappa shape index (κ1) is 13.1. The second kappa shape index (κ2) is 5.09. The zero-order valence-electron chi connectivity index (χ0n) is 11.0. The van der Waals surface area contributed by atoms with Crippen LogP contribution in [0.15, 0.2) is 11.4 Å². The average molecular weight is 253 g/mol. The van der Waals surface area contributed by atoms with Crippen LogP contribution in [0.2, 0.25) is 0 Å². The van der Waals surface area contributed by atoms with E-state index in [1.807, 2.05) is 7.11 Å². The lowest BCUT2D eigenvalue weighted by Gasteiger charge is -2.43. The minimum Gasteiger partial charge on any atom is -0.376 e. The van der Waals surface area contributed by atoms with Gasteiger partial charge in [0.1, 0.15) is 0 Å². The van der Waals surface area contributed by atoms with Gasteiger partial charge in [-0.1, -0.05) is 19.8 Å². The minimum absolute atomic E-state index is 0.0141. The molecular weight excluding hydrogens is 230 g/mol. The SMILES string of the molecule is COC1(C(N)c2csc(C)c2)CCCC(C)C1. The standard InChI is InChI=1S/C14H23NOS/c1-10-5-4-6-14(8-10,16-3)13(15)12-7-11(2)17-9-12/h7,9-10,13H,4-6,8,15H2,1-3H3. The predicted molar refractivity (Wildman–Crippen MR) is 73.4 cm³/mol. The van der Waals surface area contributed by atoms with Crippen LogP contribution in [0, 0.1) is 12.8 Å². The second-order valence-corrected chi connectivity index (χ2v) is 6.55. The van der Waals surface area contributed by atoms with Crippen LogP contribution in [-0.4, -0.2) is 12.7 Å². The van der Waals surface area contributed by atoms with Crippen molar-refractivity contribution in [3.63, 3.8) is 0 Å². The first-order valence-electron chi connectivity index (χ1n) is 6.43. The van der Waals surface area contributed by atoms with Gasteiger partial charge in [0.2, 0.25) is 0 Å². The smallest absolute Gasteiger partial charge is 0.0873 e. The Morgan fingerprint density at radius 2 is 2.35 bits per heavy atom. The van der Waals surface area contributed by atoms with Crippen molar-refractivity contribution in [1.29, 1.82) is 0 Å². The summed E-state index contributed by atoms with van der Waals surface area (Å²) < 4.78 is 5.85. The van der Waals surface area contributed by atoms with Crippen molar-refractivity contribution in [1.82, 2.24) is 0 Å². The summed E-state index contributed by atoms with van der Waals surface area (Å²) in [5.41, 5.74) is 7.56. The Kier molecular flexibility index (Phi) is 3.91. The zero-order chi connectivity index (χ0) is 12.5. The molecule has 2 nitrogen and oxygen atoms in total. The van der Waals surface area contributed by atoms with Crippen LogP contribution in [0.25, 0.3) is 0 Å². The van der Waals surface area contributed by atoms with E-state index in [2.05, 4.69) is 25.3 Å². The Balaban J connectivity index is 2.22.